The van der Waals surface area contributed by atoms with E-state index < -0.39 is 5.60 Å². The minimum absolute atomic E-state index is 0.282. The Bertz CT molecular complexity index is 377. The average Bonchev–Trinajstić information content (AvgIpc) is 2.40. The van der Waals surface area contributed by atoms with Crippen LogP contribution < -0.4 is 10.1 Å². The average molecular weight is 249 g/mol. The van der Waals surface area contributed by atoms with E-state index in [-0.39, 0.29) is 5.92 Å². The van der Waals surface area contributed by atoms with Crippen molar-refractivity contribution in [2.45, 2.75) is 32.3 Å². The third-order valence-electron chi connectivity index (χ3n) is 3.91. The molecule has 0 spiro atoms. The molecule has 1 fully saturated rings. The maximum absolute atomic E-state index is 10.9. The summed E-state index contributed by atoms with van der Waals surface area (Å²) < 4.78 is 5.44. The highest BCUT2D eigenvalue weighted by Gasteiger charge is 2.39. The molecule has 1 saturated heterocycles. The fourth-order valence-electron chi connectivity index (χ4n) is 2.80. The highest BCUT2D eigenvalue weighted by Crippen LogP contribution is 2.37. The molecule has 2 unspecified atom stereocenters. The lowest BCUT2D eigenvalue weighted by molar-refractivity contribution is -0.0478. The summed E-state index contributed by atoms with van der Waals surface area (Å²) in [5.74, 6) is 1.15. The lowest BCUT2D eigenvalue weighted by atomic mass is 9.75. The summed E-state index contributed by atoms with van der Waals surface area (Å²) >= 11 is 0. The van der Waals surface area contributed by atoms with Gasteiger partial charge in [-0.2, -0.15) is 0 Å². The van der Waals surface area contributed by atoms with Gasteiger partial charge in [0.05, 0.1) is 12.2 Å². The lowest BCUT2D eigenvalue weighted by Crippen LogP contribution is -2.47. The van der Waals surface area contributed by atoms with Gasteiger partial charge in [-0.3, -0.25) is 0 Å². The van der Waals surface area contributed by atoms with Crippen LogP contribution in [0, 0.1) is 5.92 Å². The number of nitrogens with one attached hydrogen (secondary N) is 1. The minimum atomic E-state index is -0.690. The van der Waals surface area contributed by atoms with E-state index >= 15 is 0 Å². The number of rotatable bonds is 4. The Balaban J connectivity index is 2.22. The molecule has 1 aromatic rings. The Hall–Kier alpha value is -1.06. The van der Waals surface area contributed by atoms with Crippen LogP contribution in [0.25, 0.3) is 0 Å². The second-order valence-corrected chi connectivity index (χ2v) is 4.94. The molecule has 0 aromatic heterocycles. The van der Waals surface area contributed by atoms with Crippen LogP contribution >= 0.6 is 0 Å². The van der Waals surface area contributed by atoms with E-state index in [0.717, 1.165) is 37.2 Å². The van der Waals surface area contributed by atoms with Crippen molar-refractivity contribution in [3.63, 3.8) is 0 Å². The molecule has 2 atom stereocenters. The van der Waals surface area contributed by atoms with E-state index in [0.29, 0.717) is 6.61 Å². The van der Waals surface area contributed by atoms with Crippen LogP contribution in [-0.4, -0.2) is 24.8 Å². The van der Waals surface area contributed by atoms with E-state index in [2.05, 4.69) is 12.2 Å². The lowest BCUT2D eigenvalue weighted by Gasteiger charge is -2.40. The minimum Gasteiger partial charge on any atom is -0.494 e. The van der Waals surface area contributed by atoms with Crippen molar-refractivity contribution < 1.29 is 9.84 Å². The maximum Gasteiger partial charge on any atom is 0.119 e. The number of piperidine rings is 1. The van der Waals surface area contributed by atoms with Gasteiger partial charge in [-0.05, 0) is 44.0 Å². The number of ether oxygens (including phenoxy) is 1. The van der Waals surface area contributed by atoms with Crippen LogP contribution in [0.5, 0.6) is 5.75 Å². The molecule has 0 saturated carbocycles. The van der Waals surface area contributed by atoms with Gasteiger partial charge < -0.3 is 15.2 Å². The van der Waals surface area contributed by atoms with Crippen molar-refractivity contribution in [1.82, 2.24) is 5.32 Å². The quantitative estimate of drug-likeness (QED) is 0.860. The predicted molar refractivity (Wildman–Crippen MR) is 72.8 cm³/mol. The molecule has 0 aliphatic carbocycles. The molecule has 3 heteroatoms. The first-order valence-electron chi connectivity index (χ1n) is 6.87. The van der Waals surface area contributed by atoms with E-state index in [9.17, 15) is 5.11 Å². The zero-order valence-electron chi connectivity index (χ0n) is 11.3. The van der Waals surface area contributed by atoms with Crippen molar-refractivity contribution in [3.8, 4) is 5.75 Å². The number of aliphatic hydroxyl groups is 1. The van der Waals surface area contributed by atoms with E-state index in [1.165, 1.54) is 0 Å². The molecule has 1 heterocycles. The Labute approximate surface area is 109 Å². The standard InChI is InChI=1S/C15H23NO2/c1-3-12-11-16-10-9-15(12,17)13-5-7-14(8-6-13)18-4-2/h5-8,12,16-17H,3-4,9-11H2,1-2H3. The van der Waals surface area contributed by atoms with Crippen molar-refractivity contribution in [1.29, 1.82) is 0 Å². The third kappa shape index (κ3) is 2.52. The zero-order valence-corrected chi connectivity index (χ0v) is 11.3. The maximum atomic E-state index is 10.9. The molecule has 0 radical (unpaired) electrons. The smallest absolute Gasteiger partial charge is 0.119 e. The fourth-order valence-corrected chi connectivity index (χ4v) is 2.80. The van der Waals surface area contributed by atoms with Crippen LogP contribution in [0.15, 0.2) is 24.3 Å². The molecule has 18 heavy (non-hydrogen) atoms. The van der Waals surface area contributed by atoms with Crippen LogP contribution in [0.1, 0.15) is 32.3 Å². The van der Waals surface area contributed by atoms with Gasteiger partial charge in [0.1, 0.15) is 5.75 Å². The summed E-state index contributed by atoms with van der Waals surface area (Å²) in [5, 5.41) is 14.3. The summed E-state index contributed by atoms with van der Waals surface area (Å²) in [7, 11) is 0. The molecule has 1 aliphatic heterocycles. The first-order valence-corrected chi connectivity index (χ1v) is 6.87. The van der Waals surface area contributed by atoms with Gasteiger partial charge in [-0.25, -0.2) is 0 Å². The molecular weight excluding hydrogens is 226 g/mol. The summed E-state index contributed by atoms with van der Waals surface area (Å²) in [6.07, 6.45) is 1.76. The van der Waals surface area contributed by atoms with E-state index in [4.69, 9.17) is 4.74 Å². The molecule has 2 N–H and O–H groups in total. The van der Waals surface area contributed by atoms with Gasteiger partial charge >= 0.3 is 0 Å². The first kappa shape index (κ1) is 13.4. The number of hydrogen-bond donors (Lipinski definition) is 2. The third-order valence-corrected chi connectivity index (χ3v) is 3.91. The Kier molecular flexibility index (Phi) is 4.25. The van der Waals surface area contributed by atoms with Crippen LogP contribution in [0.4, 0.5) is 0 Å². The molecule has 3 nitrogen and oxygen atoms in total. The molecular formula is C15H23NO2. The van der Waals surface area contributed by atoms with Gasteiger partial charge in [0, 0.05) is 12.5 Å². The summed E-state index contributed by atoms with van der Waals surface area (Å²) in [5.41, 5.74) is 0.324. The van der Waals surface area contributed by atoms with Gasteiger partial charge in [0.15, 0.2) is 0 Å². The Morgan fingerprint density at radius 1 is 1.33 bits per heavy atom. The van der Waals surface area contributed by atoms with Gasteiger partial charge in [0.2, 0.25) is 0 Å². The first-order chi connectivity index (χ1) is 8.70. The summed E-state index contributed by atoms with van der Waals surface area (Å²) in [4.78, 5) is 0. The van der Waals surface area contributed by atoms with Crippen LogP contribution in [-0.2, 0) is 5.60 Å². The summed E-state index contributed by atoms with van der Waals surface area (Å²) in [6, 6.07) is 7.90. The Morgan fingerprint density at radius 2 is 2.06 bits per heavy atom. The van der Waals surface area contributed by atoms with Crippen LogP contribution in [0.3, 0.4) is 0 Å². The normalized spacial score (nSPS) is 28.1. The monoisotopic (exact) mass is 249 g/mol. The number of benzene rings is 1. The van der Waals surface area contributed by atoms with Gasteiger partial charge in [-0.1, -0.05) is 19.1 Å². The van der Waals surface area contributed by atoms with Crippen molar-refractivity contribution >= 4 is 0 Å². The largest absolute Gasteiger partial charge is 0.494 e. The van der Waals surface area contributed by atoms with Gasteiger partial charge in [0.25, 0.3) is 0 Å². The Morgan fingerprint density at radius 3 is 2.67 bits per heavy atom. The second kappa shape index (κ2) is 5.72. The van der Waals surface area contributed by atoms with E-state index in [1.54, 1.807) is 0 Å². The highest BCUT2D eigenvalue weighted by atomic mass is 16.5. The SMILES string of the molecule is CCOc1ccc(C2(O)CCNCC2CC)cc1. The van der Waals surface area contributed by atoms with Crippen molar-refractivity contribution in [3.05, 3.63) is 29.8 Å². The highest BCUT2D eigenvalue weighted by molar-refractivity contribution is 5.32. The predicted octanol–water partition coefficient (Wildman–Crippen LogP) is 2.29. The molecule has 0 amide bonds. The zero-order chi connectivity index (χ0) is 13.0. The topological polar surface area (TPSA) is 41.5 Å². The van der Waals surface area contributed by atoms with Crippen LogP contribution in [0.2, 0.25) is 0 Å². The van der Waals surface area contributed by atoms with E-state index in [1.807, 2.05) is 31.2 Å². The second-order valence-electron chi connectivity index (χ2n) is 4.94. The summed E-state index contributed by atoms with van der Waals surface area (Å²) in [6.45, 7) is 6.55. The molecule has 1 aromatic carbocycles. The number of hydrogen-bond acceptors (Lipinski definition) is 3. The fraction of sp³-hybridized carbons (Fsp3) is 0.600. The van der Waals surface area contributed by atoms with Gasteiger partial charge in [-0.15, -0.1) is 0 Å². The molecule has 2 rings (SSSR count). The van der Waals surface area contributed by atoms with Crippen molar-refractivity contribution in [2.75, 3.05) is 19.7 Å². The molecule has 1 aliphatic rings. The molecule has 100 valence electrons. The molecule has 0 bridgehead atoms. The van der Waals surface area contributed by atoms with Crippen molar-refractivity contribution in [2.24, 2.45) is 5.92 Å².